The molecule has 1 fully saturated rings. The number of hydrogen-bond acceptors (Lipinski definition) is 5. The lowest BCUT2D eigenvalue weighted by Gasteiger charge is -2.30. The van der Waals surface area contributed by atoms with Gasteiger partial charge in [-0.1, -0.05) is 36.4 Å². The van der Waals surface area contributed by atoms with Crippen molar-refractivity contribution in [1.82, 2.24) is 4.31 Å². The van der Waals surface area contributed by atoms with Crippen LogP contribution in [0.15, 0.2) is 100 Å². The largest absolute Gasteiger partial charge is 0.326 e. The summed E-state index contributed by atoms with van der Waals surface area (Å²) in [5.74, 6) is -0.324. The van der Waals surface area contributed by atoms with Gasteiger partial charge in [-0.2, -0.15) is 14.5 Å². The number of benzene rings is 3. The van der Waals surface area contributed by atoms with Gasteiger partial charge >= 0.3 is 0 Å². The number of anilines is 1. The molecule has 0 bridgehead atoms. The molecule has 0 saturated carbocycles. The van der Waals surface area contributed by atoms with Gasteiger partial charge in [-0.05, 0) is 61.4 Å². The second kappa shape index (κ2) is 9.84. The summed E-state index contributed by atoms with van der Waals surface area (Å²) in [6.07, 6.45) is 0.975. The Morgan fingerprint density at radius 1 is 0.781 bits per heavy atom. The van der Waals surface area contributed by atoms with Gasteiger partial charge in [0.25, 0.3) is 0 Å². The maximum atomic E-state index is 12.7. The molecule has 0 radical (unpaired) electrons. The molecule has 32 heavy (non-hydrogen) atoms. The number of carbonyl (C=O) groups is 1. The van der Waals surface area contributed by atoms with Crippen molar-refractivity contribution in [3.8, 4) is 0 Å². The first-order valence-electron chi connectivity index (χ1n) is 10.5. The minimum absolute atomic E-state index is 0.0968. The first-order chi connectivity index (χ1) is 15.5. The summed E-state index contributed by atoms with van der Waals surface area (Å²) in [6, 6.07) is 25.0. The van der Waals surface area contributed by atoms with Gasteiger partial charge in [0.1, 0.15) is 0 Å². The highest BCUT2D eigenvalue weighted by Gasteiger charge is 2.32. The molecule has 1 aliphatic heterocycles. The van der Waals surface area contributed by atoms with E-state index in [1.165, 1.54) is 4.31 Å². The molecule has 1 heterocycles. The fourth-order valence-electron chi connectivity index (χ4n) is 3.57. The maximum Gasteiger partial charge on any atom is 0.243 e. The lowest BCUT2D eigenvalue weighted by molar-refractivity contribution is -0.120. The van der Waals surface area contributed by atoms with E-state index in [1.54, 1.807) is 54.6 Å². The Bertz CT molecular complexity index is 1170. The Labute approximate surface area is 187 Å². The van der Waals surface area contributed by atoms with E-state index in [0.29, 0.717) is 37.3 Å². The van der Waals surface area contributed by atoms with E-state index in [9.17, 15) is 13.2 Å². The van der Waals surface area contributed by atoms with Gasteiger partial charge in [0.15, 0.2) is 0 Å². The summed E-state index contributed by atoms with van der Waals surface area (Å²) < 4.78 is 26.9. The summed E-state index contributed by atoms with van der Waals surface area (Å²) >= 11 is 0. The van der Waals surface area contributed by atoms with Crippen LogP contribution in [0.5, 0.6) is 0 Å². The fraction of sp³-hybridized carbons (Fsp3) is 0.208. The summed E-state index contributed by atoms with van der Waals surface area (Å²) in [4.78, 5) is 13.0. The minimum Gasteiger partial charge on any atom is -0.326 e. The van der Waals surface area contributed by atoms with Crippen molar-refractivity contribution in [2.45, 2.75) is 17.7 Å². The average molecular weight is 449 g/mol. The van der Waals surface area contributed by atoms with Crippen LogP contribution >= 0.6 is 0 Å². The number of rotatable bonds is 6. The number of hydrogen-bond donors (Lipinski definition) is 1. The van der Waals surface area contributed by atoms with E-state index in [2.05, 4.69) is 15.5 Å². The van der Waals surface area contributed by atoms with Gasteiger partial charge in [0, 0.05) is 24.7 Å². The standard InChI is InChI=1S/C24H24N4O3S/c29-24(19-15-17-28(18-16-19)32(30,31)23-9-5-2-6-10-23)25-20-11-13-22(14-12-20)27-26-21-7-3-1-4-8-21/h1-14,19H,15-18H2,(H,25,29). The molecular formula is C24H24N4O3S. The Hall–Kier alpha value is -3.36. The van der Waals surface area contributed by atoms with E-state index in [-0.39, 0.29) is 16.7 Å². The lowest BCUT2D eigenvalue weighted by atomic mass is 9.97. The molecule has 0 aromatic heterocycles. The molecule has 0 atom stereocenters. The SMILES string of the molecule is O=C(Nc1ccc(N=Nc2ccccc2)cc1)C1CCN(S(=O)(=O)c2ccccc2)CC1. The van der Waals surface area contributed by atoms with Crippen LogP contribution in [-0.4, -0.2) is 31.7 Å². The van der Waals surface area contributed by atoms with E-state index in [4.69, 9.17) is 0 Å². The molecule has 0 spiro atoms. The van der Waals surface area contributed by atoms with Crippen LogP contribution in [0.4, 0.5) is 17.1 Å². The molecule has 1 aliphatic rings. The molecular weight excluding hydrogens is 424 g/mol. The quantitative estimate of drug-likeness (QED) is 0.529. The molecule has 3 aromatic rings. The average Bonchev–Trinajstić information content (AvgIpc) is 2.85. The summed E-state index contributed by atoms with van der Waals surface area (Å²) in [7, 11) is -3.52. The van der Waals surface area contributed by atoms with Crippen molar-refractivity contribution in [1.29, 1.82) is 0 Å². The summed E-state index contributed by atoms with van der Waals surface area (Å²) in [5, 5.41) is 11.3. The normalized spacial score (nSPS) is 15.6. The van der Waals surface area contributed by atoms with Gasteiger partial charge in [0.2, 0.25) is 15.9 Å². The third kappa shape index (κ3) is 5.27. The van der Waals surface area contributed by atoms with Crippen molar-refractivity contribution in [2.75, 3.05) is 18.4 Å². The smallest absolute Gasteiger partial charge is 0.243 e. The monoisotopic (exact) mass is 448 g/mol. The molecule has 8 heteroatoms. The zero-order valence-corrected chi connectivity index (χ0v) is 18.3. The van der Waals surface area contributed by atoms with Crippen LogP contribution in [0.1, 0.15) is 12.8 Å². The lowest BCUT2D eigenvalue weighted by Crippen LogP contribution is -2.41. The number of sulfonamides is 1. The zero-order chi connectivity index (χ0) is 22.4. The highest BCUT2D eigenvalue weighted by atomic mass is 32.2. The Kier molecular flexibility index (Phi) is 6.72. The third-order valence-electron chi connectivity index (χ3n) is 5.38. The van der Waals surface area contributed by atoms with Crippen molar-refractivity contribution in [3.63, 3.8) is 0 Å². The second-order valence-electron chi connectivity index (χ2n) is 7.56. The third-order valence-corrected chi connectivity index (χ3v) is 7.29. The second-order valence-corrected chi connectivity index (χ2v) is 9.50. The van der Waals surface area contributed by atoms with Crippen LogP contribution in [0.2, 0.25) is 0 Å². The Morgan fingerprint density at radius 2 is 1.31 bits per heavy atom. The molecule has 7 nitrogen and oxygen atoms in total. The van der Waals surface area contributed by atoms with Gasteiger partial charge < -0.3 is 5.32 Å². The number of nitrogens with zero attached hydrogens (tertiary/aromatic N) is 3. The number of nitrogens with one attached hydrogen (secondary N) is 1. The fourth-order valence-corrected chi connectivity index (χ4v) is 5.06. The van der Waals surface area contributed by atoms with E-state index in [1.807, 2.05) is 30.3 Å². The van der Waals surface area contributed by atoms with Crippen LogP contribution in [-0.2, 0) is 14.8 Å². The van der Waals surface area contributed by atoms with Crippen molar-refractivity contribution >= 4 is 33.0 Å². The highest BCUT2D eigenvalue weighted by Crippen LogP contribution is 2.25. The van der Waals surface area contributed by atoms with E-state index in [0.717, 1.165) is 5.69 Å². The highest BCUT2D eigenvalue weighted by molar-refractivity contribution is 7.89. The first kappa shape index (κ1) is 21.9. The predicted octanol–water partition coefficient (Wildman–Crippen LogP) is 5.14. The topological polar surface area (TPSA) is 91.2 Å². The van der Waals surface area contributed by atoms with Crippen molar-refractivity contribution in [2.24, 2.45) is 16.1 Å². The van der Waals surface area contributed by atoms with Gasteiger partial charge in [0.05, 0.1) is 16.3 Å². The van der Waals surface area contributed by atoms with Crippen molar-refractivity contribution < 1.29 is 13.2 Å². The van der Waals surface area contributed by atoms with E-state index >= 15 is 0 Å². The van der Waals surface area contributed by atoms with Crippen LogP contribution in [0.3, 0.4) is 0 Å². The van der Waals surface area contributed by atoms with Gasteiger partial charge in [-0.3, -0.25) is 4.79 Å². The molecule has 0 unspecified atom stereocenters. The molecule has 1 saturated heterocycles. The summed E-state index contributed by atoms with van der Waals surface area (Å²) in [6.45, 7) is 0.655. The molecule has 1 amide bonds. The molecule has 0 aliphatic carbocycles. The number of azo groups is 1. The predicted molar refractivity (Wildman–Crippen MR) is 124 cm³/mol. The molecule has 164 valence electrons. The number of amides is 1. The van der Waals surface area contributed by atoms with Crippen molar-refractivity contribution in [3.05, 3.63) is 84.9 Å². The number of carbonyl (C=O) groups excluding carboxylic acids is 1. The van der Waals surface area contributed by atoms with Crippen LogP contribution < -0.4 is 5.32 Å². The maximum absolute atomic E-state index is 12.7. The number of piperidine rings is 1. The minimum atomic E-state index is -3.52. The first-order valence-corrected chi connectivity index (χ1v) is 11.9. The van der Waals surface area contributed by atoms with E-state index < -0.39 is 10.0 Å². The van der Waals surface area contributed by atoms with Crippen LogP contribution in [0.25, 0.3) is 0 Å². The molecule has 4 rings (SSSR count). The molecule has 1 N–H and O–H groups in total. The Balaban J connectivity index is 1.31. The van der Waals surface area contributed by atoms with Crippen LogP contribution in [0, 0.1) is 5.92 Å². The van der Waals surface area contributed by atoms with Gasteiger partial charge in [-0.25, -0.2) is 8.42 Å². The zero-order valence-electron chi connectivity index (χ0n) is 17.5. The Morgan fingerprint density at radius 3 is 1.91 bits per heavy atom. The summed E-state index contributed by atoms with van der Waals surface area (Å²) in [5.41, 5.74) is 2.13. The molecule has 3 aromatic carbocycles. The van der Waals surface area contributed by atoms with Gasteiger partial charge in [-0.15, -0.1) is 0 Å².